The molecule has 2 aromatic rings. The molecule has 2 nitrogen and oxygen atoms in total. The van der Waals surface area contributed by atoms with E-state index in [1.54, 1.807) is 6.20 Å². The molecule has 2 rings (SSSR count). The molecule has 1 heterocycles. The maximum atomic E-state index is 5.93. The average molecular weight is 226 g/mol. The molecule has 1 aromatic carbocycles. The SMILES string of the molecule is CC(C)Cc1ccc(-c2cnccc2N)cc1. The second-order valence-electron chi connectivity index (χ2n) is 4.76. The standard InChI is InChI=1S/C15H18N2/c1-11(2)9-12-3-5-13(6-4-12)14-10-17-8-7-15(14)16/h3-8,10-11H,9H2,1-2H3,(H2,16,17). The number of anilines is 1. The monoisotopic (exact) mass is 226 g/mol. The lowest BCUT2D eigenvalue weighted by Crippen LogP contribution is -1.94. The number of hydrogen-bond acceptors (Lipinski definition) is 2. The van der Waals surface area contributed by atoms with Gasteiger partial charge in [0.25, 0.3) is 0 Å². The summed E-state index contributed by atoms with van der Waals surface area (Å²) in [7, 11) is 0. The van der Waals surface area contributed by atoms with E-state index in [2.05, 4.69) is 43.1 Å². The Bertz CT molecular complexity index is 487. The summed E-state index contributed by atoms with van der Waals surface area (Å²) < 4.78 is 0. The van der Waals surface area contributed by atoms with Crippen LogP contribution >= 0.6 is 0 Å². The Hall–Kier alpha value is -1.83. The summed E-state index contributed by atoms with van der Waals surface area (Å²) in [6, 6.07) is 10.4. The molecule has 0 aliphatic heterocycles. The molecule has 0 aliphatic rings. The third-order valence-electron chi connectivity index (χ3n) is 2.76. The lowest BCUT2D eigenvalue weighted by Gasteiger charge is -2.08. The van der Waals surface area contributed by atoms with Crippen molar-refractivity contribution in [3.05, 3.63) is 48.3 Å². The van der Waals surface area contributed by atoms with E-state index in [1.807, 2.05) is 12.3 Å². The first-order valence-electron chi connectivity index (χ1n) is 5.95. The van der Waals surface area contributed by atoms with Gasteiger partial charge in [0.1, 0.15) is 0 Å². The van der Waals surface area contributed by atoms with Crippen LogP contribution in [0.3, 0.4) is 0 Å². The zero-order chi connectivity index (χ0) is 12.3. The second-order valence-corrected chi connectivity index (χ2v) is 4.76. The molecule has 88 valence electrons. The normalized spacial score (nSPS) is 10.8. The van der Waals surface area contributed by atoms with Gasteiger partial charge in [-0.1, -0.05) is 38.1 Å². The molecule has 0 saturated carbocycles. The van der Waals surface area contributed by atoms with E-state index in [0.29, 0.717) is 5.92 Å². The van der Waals surface area contributed by atoms with Gasteiger partial charge in [0.2, 0.25) is 0 Å². The maximum absolute atomic E-state index is 5.93. The summed E-state index contributed by atoms with van der Waals surface area (Å²) in [5, 5.41) is 0. The van der Waals surface area contributed by atoms with Crippen molar-refractivity contribution < 1.29 is 0 Å². The summed E-state index contributed by atoms with van der Waals surface area (Å²) in [5.74, 6) is 0.685. The molecule has 0 aliphatic carbocycles. The molecule has 0 amide bonds. The van der Waals surface area contributed by atoms with Gasteiger partial charge in [-0.05, 0) is 29.5 Å². The summed E-state index contributed by atoms with van der Waals surface area (Å²) in [6.07, 6.45) is 4.64. The van der Waals surface area contributed by atoms with E-state index in [4.69, 9.17) is 5.73 Å². The molecule has 1 aromatic heterocycles. The van der Waals surface area contributed by atoms with Gasteiger partial charge in [0.05, 0.1) is 0 Å². The van der Waals surface area contributed by atoms with Crippen LogP contribution in [0, 0.1) is 5.92 Å². The maximum Gasteiger partial charge on any atom is 0.0424 e. The van der Waals surface area contributed by atoms with Crippen LogP contribution in [0.2, 0.25) is 0 Å². The minimum Gasteiger partial charge on any atom is -0.398 e. The number of rotatable bonds is 3. The number of nitrogen functional groups attached to an aromatic ring is 1. The molecular weight excluding hydrogens is 208 g/mol. The van der Waals surface area contributed by atoms with Gasteiger partial charge in [0, 0.05) is 23.6 Å². The number of hydrogen-bond donors (Lipinski definition) is 1. The van der Waals surface area contributed by atoms with E-state index in [-0.39, 0.29) is 0 Å². The van der Waals surface area contributed by atoms with Gasteiger partial charge in [0.15, 0.2) is 0 Å². The van der Waals surface area contributed by atoms with Crippen LogP contribution in [-0.4, -0.2) is 4.98 Å². The molecule has 0 radical (unpaired) electrons. The van der Waals surface area contributed by atoms with Crippen molar-refractivity contribution >= 4 is 5.69 Å². The van der Waals surface area contributed by atoms with E-state index >= 15 is 0 Å². The Morgan fingerprint density at radius 3 is 2.41 bits per heavy atom. The lowest BCUT2D eigenvalue weighted by molar-refractivity contribution is 0.647. The van der Waals surface area contributed by atoms with Crippen LogP contribution in [0.15, 0.2) is 42.7 Å². The zero-order valence-corrected chi connectivity index (χ0v) is 10.4. The highest BCUT2D eigenvalue weighted by atomic mass is 14.7. The second kappa shape index (κ2) is 5.00. The Morgan fingerprint density at radius 1 is 1.12 bits per heavy atom. The highest BCUT2D eigenvalue weighted by Crippen LogP contribution is 2.25. The minimum absolute atomic E-state index is 0.685. The third kappa shape index (κ3) is 2.84. The van der Waals surface area contributed by atoms with Crippen molar-refractivity contribution in [3.63, 3.8) is 0 Å². The van der Waals surface area contributed by atoms with Crippen molar-refractivity contribution in [2.75, 3.05) is 5.73 Å². The molecule has 0 saturated heterocycles. The average Bonchev–Trinajstić information content (AvgIpc) is 2.30. The number of nitrogens with zero attached hydrogens (tertiary/aromatic N) is 1. The summed E-state index contributed by atoms with van der Waals surface area (Å²) in [5.41, 5.74) is 10.2. The molecule has 0 unspecified atom stereocenters. The van der Waals surface area contributed by atoms with Crippen LogP contribution in [0.5, 0.6) is 0 Å². The quantitative estimate of drug-likeness (QED) is 0.869. The molecule has 0 atom stereocenters. The van der Waals surface area contributed by atoms with E-state index in [0.717, 1.165) is 23.2 Å². The third-order valence-corrected chi connectivity index (χ3v) is 2.76. The van der Waals surface area contributed by atoms with Crippen molar-refractivity contribution in [2.45, 2.75) is 20.3 Å². The molecule has 0 fully saturated rings. The Kier molecular flexibility index (Phi) is 3.43. The zero-order valence-electron chi connectivity index (χ0n) is 10.4. The van der Waals surface area contributed by atoms with Crippen molar-refractivity contribution in [3.8, 4) is 11.1 Å². The summed E-state index contributed by atoms with van der Waals surface area (Å²) in [4.78, 5) is 4.11. The van der Waals surface area contributed by atoms with Crippen molar-refractivity contribution in [1.29, 1.82) is 0 Å². The first kappa shape index (κ1) is 11.6. The Labute approximate surface area is 103 Å². The van der Waals surface area contributed by atoms with Crippen LogP contribution < -0.4 is 5.73 Å². The summed E-state index contributed by atoms with van der Waals surface area (Å²) in [6.45, 7) is 4.46. The van der Waals surface area contributed by atoms with Gasteiger partial charge in [-0.25, -0.2) is 0 Å². The fourth-order valence-electron chi connectivity index (χ4n) is 1.94. The molecule has 0 spiro atoms. The van der Waals surface area contributed by atoms with Crippen LogP contribution in [0.4, 0.5) is 5.69 Å². The van der Waals surface area contributed by atoms with Crippen LogP contribution in [0.25, 0.3) is 11.1 Å². The topological polar surface area (TPSA) is 38.9 Å². The van der Waals surface area contributed by atoms with E-state index in [9.17, 15) is 0 Å². The molecule has 2 N–H and O–H groups in total. The van der Waals surface area contributed by atoms with Gasteiger partial charge >= 0.3 is 0 Å². The van der Waals surface area contributed by atoms with Gasteiger partial charge in [-0.3, -0.25) is 4.98 Å². The first-order valence-corrected chi connectivity index (χ1v) is 5.95. The van der Waals surface area contributed by atoms with Gasteiger partial charge < -0.3 is 5.73 Å². The van der Waals surface area contributed by atoms with Gasteiger partial charge in [-0.2, -0.15) is 0 Å². The Morgan fingerprint density at radius 2 is 1.82 bits per heavy atom. The van der Waals surface area contributed by atoms with Crippen LogP contribution in [0.1, 0.15) is 19.4 Å². The molecular formula is C15H18N2. The lowest BCUT2D eigenvalue weighted by atomic mass is 9.99. The Balaban J connectivity index is 2.27. The van der Waals surface area contributed by atoms with E-state index < -0.39 is 0 Å². The van der Waals surface area contributed by atoms with Crippen molar-refractivity contribution in [1.82, 2.24) is 4.98 Å². The number of nitrogens with two attached hydrogens (primary N) is 1. The van der Waals surface area contributed by atoms with Crippen LogP contribution in [-0.2, 0) is 6.42 Å². The van der Waals surface area contributed by atoms with Crippen molar-refractivity contribution in [2.24, 2.45) is 5.92 Å². The molecule has 17 heavy (non-hydrogen) atoms. The largest absolute Gasteiger partial charge is 0.398 e. The molecule has 0 bridgehead atoms. The predicted molar refractivity (Wildman–Crippen MR) is 72.6 cm³/mol. The fourth-order valence-corrected chi connectivity index (χ4v) is 1.94. The van der Waals surface area contributed by atoms with Gasteiger partial charge in [-0.15, -0.1) is 0 Å². The molecule has 2 heteroatoms. The number of aromatic nitrogens is 1. The van der Waals surface area contributed by atoms with E-state index in [1.165, 1.54) is 5.56 Å². The highest BCUT2D eigenvalue weighted by Gasteiger charge is 2.03. The number of pyridine rings is 1. The predicted octanol–water partition coefficient (Wildman–Crippen LogP) is 3.53. The minimum atomic E-state index is 0.685. The fraction of sp³-hybridized carbons (Fsp3) is 0.267. The smallest absolute Gasteiger partial charge is 0.0424 e. The highest BCUT2D eigenvalue weighted by molar-refractivity contribution is 5.75. The first-order chi connectivity index (χ1) is 8.16. The number of benzene rings is 1. The summed E-state index contributed by atoms with van der Waals surface area (Å²) >= 11 is 0.